The molecule has 9 nitrogen and oxygen atoms in total. The van der Waals surface area contributed by atoms with Crippen LogP contribution >= 0.6 is 11.9 Å². The first-order valence-electron chi connectivity index (χ1n) is 9.93. The van der Waals surface area contributed by atoms with Crippen molar-refractivity contribution in [3.8, 4) is 0 Å². The summed E-state index contributed by atoms with van der Waals surface area (Å²) in [6.45, 7) is 2.72. The fourth-order valence-electron chi connectivity index (χ4n) is 3.65. The van der Waals surface area contributed by atoms with Crippen LogP contribution in [-0.2, 0) is 0 Å². The summed E-state index contributed by atoms with van der Waals surface area (Å²) in [7, 11) is 1.66. The minimum Gasteiger partial charge on any atom is -0.404 e. The van der Waals surface area contributed by atoms with Gasteiger partial charge in [-0.2, -0.15) is 0 Å². The van der Waals surface area contributed by atoms with E-state index < -0.39 is 5.72 Å². The summed E-state index contributed by atoms with van der Waals surface area (Å²) in [4.78, 5) is 26.8. The molecule has 30 heavy (non-hydrogen) atoms. The van der Waals surface area contributed by atoms with Gasteiger partial charge in [0.1, 0.15) is 5.72 Å². The van der Waals surface area contributed by atoms with Crippen molar-refractivity contribution >= 4 is 35.7 Å². The number of hydrogen-bond donors (Lipinski definition) is 4. The van der Waals surface area contributed by atoms with Crippen LogP contribution < -0.4 is 21.1 Å². The molecule has 3 aliphatic rings. The van der Waals surface area contributed by atoms with Gasteiger partial charge in [-0.15, -0.1) is 0 Å². The molecule has 1 aromatic carbocycles. The lowest BCUT2D eigenvalue weighted by Crippen LogP contribution is -2.53. The first kappa shape index (κ1) is 20.9. The first-order chi connectivity index (χ1) is 14.4. The van der Waals surface area contributed by atoms with Crippen LogP contribution in [0, 0.1) is 0 Å². The molecule has 0 bridgehead atoms. The Hall–Kier alpha value is -2.40. The highest BCUT2D eigenvalue weighted by molar-refractivity contribution is 7.97. The summed E-state index contributed by atoms with van der Waals surface area (Å²) in [5.74, 6) is 0.437. The smallest absolute Gasteiger partial charge is 0.263 e. The van der Waals surface area contributed by atoms with Crippen LogP contribution in [0.4, 0.5) is 5.69 Å². The van der Waals surface area contributed by atoms with Gasteiger partial charge in [-0.1, -0.05) is 0 Å². The van der Waals surface area contributed by atoms with Gasteiger partial charge >= 0.3 is 0 Å². The van der Waals surface area contributed by atoms with E-state index in [-0.39, 0.29) is 24.5 Å². The number of aliphatic hydroxyl groups is 1. The number of guanidine groups is 1. The molecule has 1 fully saturated rings. The third-order valence-corrected chi connectivity index (χ3v) is 6.55. The Labute approximate surface area is 180 Å². The molecule has 0 saturated heterocycles. The Morgan fingerprint density at radius 1 is 1.50 bits per heavy atom. The summed E-state index contributed by atoms with van der Waals surface area (Å²) in [6, 6.07) is 5.65. The van der Waals surface area contributed by atoms with E-state index in [1.807, 2.05) is 18.2 Å². The fourth-order valence-corrected chi connectivity index (χ4v) is 4.47. The van der Waals surface area contributed by atoms with Gasteiger partial charge < -0.3 is 21.5 Å². The van der Waals surface area contributed by atoms with E-state index in [1.54, 1.807) is 18.2 Å². The highest BCUT2D eigenvalue weighted by Gasteiger charge is 2.44. The molecule has 4 rings (SSSR count). The monoisotopic (exact) mass is 429 g/mol. The van der Waals surface area contributed by atoms with E-state index in [0.717, 1.165) is 23.4 Å². The lowest BCUT2D eigenvalue weighted by molar-refractivity contribution is 0.0850. The predicted octanol–water partition coefficient (Wildman–Crippen LogP) is 0.657. The Kier molecular flexibility index (Phi) is 5.58. The van der Waals surface area contributed by atoms with Gasteiger partial charge in [0, 0.05) is 36.5 Å². The van der Waals surface area contributed by atoms with Crippen LogP contribution in [0.5, 0.6) is 0 Å². The normalized spacial score (nSPS) is 24.9. The number of hydrogen-bond acceptors (Lipinski definition) is 9. The summed E-state index contributed by atoms with van der Waals surface area (Å²) in [5.41, 5.74) is 13.0. The van der Waals surface area contributed by atoms with Crippen LogP contribution in [0.1, 0.15) is 30.1 Å². The van der Waals surface area contributed by atoms with Crippen molar-refractivity contribution in [2.24, 2.45) is 21.5 Å². The average molecular weight is 430 g/mol. The van der Waals surface area contributed by atoms with E-state index in [4.69, 9.17) is 16.5 Å². The zero-order valence-electron chi connectivity index (χ0n) is 17.1. The van der Waals surface area contributed by atoms with Crippen LogP contribution in [0.2, 0.25) is 0 Å². The number of fused-ring (bicyclic) bond motifs is 3. The Morgan fingerprint density at radius 3 is 2.90 bits per heavy atom. The topological polar surface area (TPSA) is 133 Å². The number of anilines is 1. The summed E-state index contributed by atoms with van der Waals surface area (Å²) in [5, 5.41) is 10.0. The number of amides is 1. The number of nitrogens with zero attached hydrogens (tertiary/aromatic N) is 4. The molecule has 1 aliphatic carbocycles. The fraction of sp³-hybridized carbons (Fsp3) is 0.450. The summed E-state index contributed by atoms with van der Waals surface area (Å²) >= 11 is 1.33. The van der Waals surface area contributed by atoms with Gasteiger partial charge in [0.25, 0.3) is 5.91 Å². The number of carbonyl (C=O) groups excluding carboxylic acids is 1. The summed E-state index contributed by atoms with van der Waals surface area (Å²) < 4.78 is 3.06. The van der Waals surface area contributed by atoms with Crippen molar-refractivity contribution in [2.75, 3.05) is 25.0 Å². The number of nitrogens with one attached hydrogen (secondary N) is 1. The molecule has 2 heterocycles. The molecule has 1 aromatic rings. The minimum atomic E-state index is -0.797. The predicted molar refractivity (Wildman–Crippen MR) is 120 cm³/mol. The zero-order valence-corrected chi connectivity index (χ0v) is 17.9. The molecule has 0 aromatic heterocycles. The van der Waals surface area contributed by atoms with E-state index in [9.17, 15) is 9.90 Å². The molecule has 1 amide bonds. The largest absolute Gasteiger partial charge is 0.404 e. The maximum Gasteiger partial charge on any atom is 0.263 e. The second-order valence-electron chi connectivity index (χ2n) is 7.78. The van der Waals surface area contributed by atoms with E-state index >= 15 is 0 Å². The van der Waals surface area contributed by atoms with E-state index in [0.29, 0.717) is 23.6 Å². The lowest BCUT2D eigenvalue weighted by atomic mass is 10.0. The van der Waals surface area contributed by atoms with Crippen molar-refractivity contribution in [1.29, 1.82) is 0 Å². The summed E-state index contributed by atoms with van der Waals surface area (Å²) in [6.07, 6.45) is 4.55. The molecule has 10 heteroatoms. The maximum absolute atomic E-state index is 13.5. The molecule has 0 spiro atoms. The number of aliphatic imine (C=N–C) groups is 2. The Morgan fingerprint density at radius 2 is 2.27 bits per heavy atom. The second kappa shape index (κ2) is 8.03. The van der Waals surface area contributed by atoms with Gasteiger partial charge in [-0.3, -0.25) is 14.7 Å². The SMILES string of the molecule is CN=C/C(=C\N)CN1C(=O)c2cc(SNC3(O)CC3)ccc2N2C1=NC(CN)C2C. The van der Waals surface area contributed by atoms with Crippen molar-refractivity contribution in [1.82, 2.24) is 9.62 Å². The lowest BCUT2D eigenvalue weighted by Gasteiger charge is -2.38. The standard InChI is InChI=1S/C20H27N7O2S/c1-12-16(9-22)24-19-26(11-13(8-21)10-23-2)18(28)15-7-14(3-4-17(15)27(12)19)30-25-20(29)5-6-20/h3-4,7-8,10,12,16,25,29H,5-6,9,11,21-22H2,1-2H3/b13-8+,23-10?. The second-order valence-corrected chi connectivity index (χ2v) is 8.66. The number of rotatable bonds is 7. The highest BCUT2D eigenvalue weighted by atomic mass is 32.2. The van der Waals surface area contributed by atoms with Crippen molar-refractivity contribution in [3.05, 3.63) is 35.5 Å². The quantitative estimate of drug-likeness (QED) is 0.284. The van der Waals surface area contributed by atoms with Gasteiger partial charge in [0.15, 0.2) is 0 Å². The van der Waals surface area contributed by atoms with Gasteiger partial charge in [-0.25, -0.2) is 9.71 Å². The highest BCUT2D eigenvalue weighted by Crippen LogP contribution is 2.39. The number of carbonyl (C=O) groups is 1. The van der Waals surface area contributed by atoms with Crippen LogP contribution in [-0.4, -0.2) is 66.0 Å². The van der Waals surface area contributed by atoms with Gasteiger partial charge in [-0.05, 0) is 49.9 Å². The van der Waals surface area contributed by atoms with Crippen LogP contribution in [0.3, 0.4) is 0 Å². The molecular formula is C20H27N7O2S. The first-order valence-corrected chi connectivity index (χ1v) is 10.7. The molecule has 6 N–H and O–H groups in total. The van der Waals surface area contributed by atoms with Crippen molar-refractivity contribution in [3.63, 3.8) is 0 Å². The van der Waals surface area contributed by atoms with E-state index in [2.05, 4.69) is 21.5 Å². The maximum atomic E-state index is 13.5. The molecule has 2 aliphatic heterocycles. The van der Waals surface area contributed by atoms with Crippen molar-refractivity contribution in [2.45, 2.75) is 42.5 Å². The van der Waals surface area contributed by atoms with Crippen LogP contribution in [0.25, 0.3) is 0 Å². The van der Waals surface area contributed by atoms with Gasteiger partial charge in [0.05, 0.1) is 29.9 Å². The molecule has 2 unspecified atom stereocenters. The average Bonchev–Trinajstić information content (AvgIpc) is 3.39. The Balaban J connectivity index is 1.70. The number of nitrogens with two attached hydrogens (primary N) is 2. The van der Waals surface area contributed by atoms with Crippen molar-refractivity contribution < 1.29 is 9.90 Å². The minimum absolute atomic E-state index is 0.0216. The molecule has 2 atom stereocenters. The van der Waals surface area contributed by atoms with Gasteiger partial charge in [0.2, 0.25) is 5.96 Å². The third kappa shape index (κ3) is 3.71. The zero-order chi connectivity index (χ0) is 21.5. The molecule has 0 radical (unpaired) electrons. The number of benzene rings is 1. The molecule has 1 saturated carbocycles. The molecular weight excluding hydrogens is 402 g/mol. The van der Waals surface area contributed by atoms with E-state index in [1.165, 1.54) is 18.1 Å². The molecule has 160 valence electrons. The van der Waals surface area contributed by atoms with Crippen LogP contribution in [0.15, 0.2) is 44.9 Å². The third-order valence-electron chi connectivity index (χ3n) is 5.58. The Bertz CT molecular complexity index is 941.